The molecule has 0 amide bonds. The van der Waals surface area contributed by atoms with Crippen LogP contribution in [-0.2, 0) is 5.41 Å². The molecule has 7 rings (SSSR count). The summed E-state index contributed by atoms with van der Waals surface area (Å²) >= 11 is 1.58. The van der Waals surface area contributed by atoms with Gasteiger partial charge in [0.1, 0.15) is 0 Å². The molecular weight excluding hydrogens is 350 g/mol. The van der Waals surface area contributed by atoms with Crippen LogP contribution >= 0.6 is 11.3 Å². The predicted molar refractivity (Wildman–Crippen MR) is 98.3 cm³/mol. The topological polar surface area (TPSA) is 17.3 Å². The first-order chi connectivity index (χ1) is 12.6. The fourth-order valence-corrected chi connectivity index (χ4v) is 7.21. The molecule has 0 spiro atoms. The number of imidazole rings is 1. The van der Waals surface area contributed by atoms with Crippen molar-refractivity contribution in [3.63, 3.8) is 0 Å². The van der Waals surface area contributed by atoms with Gasteiger partial charge in [-0.15, -0.1) is 11.3 Å². The highest BCUT2D eigenvalue weighted by molar-refractivity contribution is 7.15. The van der Waals surface area contributed by atoms with Crippen molar-refractivity contribution in [2.45, 2.75) is 43.9 Å². The maximum atomic E-state index is 13.7. The highest BCUT2D eigenvalue weighted by atomic mass is 32.1. The second-order valence-corrected chi connectivity index (χ2v) is 9.56. The Morgan fingerprint density at radius 2 is 1.69 bits per heavy atom. The maximum absolute atomic E-state index is 13.7. The Labute approximate surface area is 154 Å². The normalized spacial score (nSPS) is 32.6. The molecule has 134 valence electrons. The average molecular weight is 370 g/mol. The van der Waals surface area contributed by atoms with Crippen molar-refractivity contribution >= 4 is 16.3 Å². The van der Waals surface area contributed by atoms with Gasteiger partial charge in [-0.2, -0.15) is 0 Å². The summed E-state index contributed by atoms with van der Waals surface area (Å²) in [5.74, 6) is 1.04. The molecule has 2 heterocycles. The largest absolute Gasteiger partial charge is 0.290 e. The van der Waals surface area contributed by atoms with E-state index in [1.807, 2.05) is 5.38 Å². The SMILES string of the molecule is Fc1ccc(-c2csc3nc(C45CC6CC(CC(C6)C4)C5)cn23)cc1F. The van der Waals surface area contributed by atoms with Crippen molar-refractivity contribution in [3.8, 4) is 11.3 Å². The lowest BCUT2D eigenvalue weighted by Crippen LogP contribution is -2.48. The summed E-state index contributed by atoms with van der Waals surface area (Å²) in [7, 11) is 0. The van der Waals surface area contributed by atoms with Gasteiger partial charge < -0.3 is 0 Å². The Hall–Kier alpha value is -1.75. The molecule has 2 nitrogen and oxygen atoms in total. The standard InChI is InChI=1S/C21H20F2N2S/c22-16-2-1-15(6-17(16)23)18-11-26-20-24-19(10-25(18)20)21-7-12-3-13(8-21)5-14(4-12)9-21/h1-2,6,10-14H,3-5,7-9H2. The molecule has 0 saturated heterocycles. The van der Waals surface area contributed by atoms with E-state index in [2.05, 4.69) is 10.6 Å². The number of thiazole rings is 1. The van der Waals surface area contributed by atoms with Crippen LogP contribution in [0.4, 0.5) is 8.78 Å². The zero-order chi connectivity index (χ0) is 17.5. The van der Waals surface area contributed by atoms with Crippen LogP contribution in [0.15, 0.2) is 29.8 Å². The zero-order valence-corrected chi connectivity index (χ0v) is 15.2. The Kier molecular flexibility index (Phi) is 3.04. The van der Waals surface area contributed by atoms with E-state index in [1.165, 1.54) is 56.4 Å². The fraction of sp³-hybridized carbons (Fsp3) is 0.476. The molecule has 4 saturated carbocycles. The van der Waals surface area contributed by atoms with Gasteiger partial charge in [0.25, 0.3) is 0 Å². The Bertz CT molecular complexity index is 983. The molecule has 0 radical (unpaired) electrons. The number of aromatic nitrogens is 2. The first-order valence-corrected chi connectivity index (χ1v) is 10.4. The number of benzene rings is 1. The van der Waals surface area contributed by atoms with E-state index in [0.717, 1.165) is 28.4 Å². The van der Waals surface area contributed by atoms with E-state index >= 15 is 0 Å². The molecule has 0 atom stereocenters. The first-order valence-electron chi connectivity index (χ1n) is 9.52. The van der Waals surface area contributed by atoms with E-state index in [-0.39, 0.29) is 5.41 Å². The fourth-order valence-electron chi connectivity index (χ4n) is 6.33. The number of hydrogen-bond donors (Lipinski definition) is 0. The third-order valence-electron chi connectivity index (χ3n) is 7.01. The third-order valence-corrected chi connectivity index (χ3v) is 7.85. The molecule has 0 N–H and O–H groups in total. The zero-order valence-electron chi connectivity index (χ0n) is 14.4. The second kappa shape index (κ2) is 5.16. The molecule has 4 aliphatic rings. The molecule has 4 bridgehead atoms. The van der Waals surface area contributed by atoms with Crippen LogP contribution in [0.25, 0.3) is 16.2 Å². The minimum atomic E-state index is -0.805. The van der Waals surface area contributed by atoms with Crippen molar-refractivity contribution in [2.24, 2.45) is 17.8 Å². The lowest BCUT2D eigenvalue weighted by atomic mass is 9.49. The van der Waals surface area contributed by atoms with Crippen molar-refractivity contribution in [1.29, 1.82) is 0 Å². The Morgan fingerprint density at radius 1 is 1.00 bits per heavy atom. The molecule has 5 heteroatoms. The number of fused-ring (bicyclic) bond motifs is 1. The molecule has 0 unspecified atom stereocenters. The van der Waals surface area contributed by atoms with Gasteiger partial charge in [0.2, 0.25) is 0 Å². The molecule has 3 aromatic rings. The van der Waals surface area contributed by atoms with Gasteiger partial charge in [-0.3, -0.25) is 4.40 Å². The minimum absolute atomic E-state index is 0.256. The van der Waals surface area contributed by atoms with Gasteiger partial charge in [0, 0.05) is 22.6 Å². The van der Waals surface area contributed by atoms with Gasteiger partial charge >= 0.3 is 0 Å². The summed E-state index contributed by atoms with van der Waals surface area (Å²) in [4.78, 5) is 5.96. The lowest BCUT2D eigenvalue weighted by Gasteiger charge is -2.56. The number of nitrogens with zero attached hydrogens (tertiary/aromatic N) is 2. The monoisotopic (exact) mass is 370 g/mol. The van der Waals surface area contributed by atoms with Crippen LogP contribution in [0.2, 0.25) is 0 Å². The quantitative estimate of drug-likeness (QED) is 0.556. The summed E-state index contributed by atoms with van der Waals surface area (Å²) in [6.07, 6.45) is 10.3. The number of rotatable bonds is 2. The molecule has 4 aliphatic carbocycles. The third kappa shape index (κ3) is 2.10. The van der Waals surface area contributed by atoms with Crippen molar-refractivity contribution in [1.82, 2.24) is 9.38 Å². The molecule has 26 heavy (non-hydrogen) atoms. The van der Waals surface area contributed by atoms with Gasteiger partial charge in [0.05, 0.1) is 11.4 Å². The molecule has 2 aromatic heterocycles. The van der Waals surface area contributed by atoms with Crippen LogP contribution in [0.3, 0.4) is 0 Å². The average Bonchev–Trinajstić information content (AvgIpc) is 3.17. The van der Waals surface area contributed by atoms with Gasteiger partial charge in [-0.25, -0.2) is 13.8 Å². The highest BCUT2D eigenvalue weighted by Gasteiger charge is 2.52. The molecule has 0 aliphatic heterocycles. The van der Waals surface area contributed by atoms with E-state index in [1.54, 1.807) is 17.4 Å². The number of hydrogen-bond acceptors (Lipinski definition) is 2. The summed E-state index contributed by atoms with van der Waals surface area (Å²) in [6, 6.07) is 4.12. The van der Waals surface area contributed by atoms with Crippen molar-refractivity contribution in [2.75, 3.05) is 0 Å². The predicted octanol–water partition coefficient (Wildman–Crippen LogP) is 5.81. The number of halogens is 2. The second-order valence-electron chi connectivity index (χ2n) is 8.73. The van der Waals surface area contributed by atoms with E-state index in [0.29, 0.717) is 5.56 Å². The minimum Gasteiger partial charge on any atom is -0.290 e. The summed E-state index contributed by atoms with van der Waals surface area (Å²) < 4.78 is 29.0. The molecular formula is C21H20F2N2S. The summed E-state index contributed by atoms with van der Waals surface area (Å²) in [5, 5.41) is 1.98. The van der Waals surface area contributed by atoms with Crippen LogP contribution in [0, 0.1) is 29.4 Å². The lowest BCUT2D eigenvalue weighted by molar-refractivity contribution is -0.00696. The van der Waals surface area contributed by atoms with E-state index < -0.39 is 11.6 Å². The van der Waals surface area contributed by atoms with Crippen molar-refractivity contribution < 1.29 is 8.78 Å². The van der Waals surface area contributed by atoms with E-state index in [4.69, 9.17) is 4.98 Å². The summed E-state index contributed by atoms with van der Waals surface area (Å²) in [5.41, 5.74) is 3.08. The van der Waals surface area contributed by atoms with Crippen LogP contribution < -0.4 is 0 Å². The van der Waals surface area contributed by atoms with Gasteiger partial charge in [0.15, 0.2) is 16.6 Å². The van der Waals surface area contributed by atoms with Crippen LogP contribution in [-0.4, -0.2) is 9.38 Å². The van der Waals surface area contributed by atoms with Crippen LogP contribution in [0.5, 0.6) is 0 Å². The smallest absolute Gasteiger partial charge is 0.194 e. The van der Waals surface area contributed by atoms with Crippen LogP contribution in [0.1, 0.15) is 44.2 Å². The summed E-state index contributed by atoms with van der Waals surface area (Å²) in [6.45, 7) is 0. The Morgan fingerprint density at radius 3 is 2.35 bits per heavy atom. The molecule has 1 aromatic carbocycles. The maximum Gasteiger partial charge on any atom is 0.194 e. The van der Waals surface area contributed by atoms with Gasteiger partial charge in [-0.05, 0) is 74.5 Å². The van der Waals surface area contributed by atoms with E-state index in [9.17, 15) is 8.78 Å². The van der Waals surface area contributed by atoms with Crippen molar-refractivity contribution in [3.05, 3.63) is 47.1 Å². The van der Waals surface area contributed by atoms with Gasteiger partial charge in [-0.1, -0.05) is 0 Å². The molecule has 4 fully saturated rings. The first kappa shape index (κ1) is 15.3. The Balaban J connectivity index is 1.45. The highest BCUT2D eigenvalue weighted by Crippen LogP contribution is 2.60.